The largest absolute Gasteiger partial charge is 0.467 e. The minimum absolute atomic E-state index is 0.0329. The number of sulfonamides is 1. The summed E-state index contributed by atoms with van der Waals surface area (Å²) in [6.07, 6.45) is 0. The molecule has 0 amide bonds. The molecule has 0 aliphatic carbocycles. The van der Waals surface area contributed by atoms with Gasteiger partial charge in [-0.05, 0) is 5.56 Å². The first-order chi connectivity index (χ1) is 10.9. The SMILES string of the molecule is COc1nc(CNS(=O)(=O)Cc2ccccc2)nc(N(C)C)n1. The molecule has 0 unspecified atom stereocenters. The minimum atomic E-state index is -3.49. The van der Waals surface area contributed by atoms with E-state index in [1.807, 2.05) is 6.07 Å². The van der Waals surface area contributed by atoms with Gasteiger partial charge in [-0.25, -0.2) is 13.1 Å². The molecule has 0 bridgehead atoms. The highest BCUT2D eigenvalue weighted by Crippen LogP contribution is 2.10. The fourth-order valence-electron chi connectivity index (χ4n) is 1.78. The Kier molecular flexibility index (Phi) is 5.45. The molecular formula is C14H19N5O3S. The normalized spacial score (nSPS) is 11.3. The number of nitrogens with one attached hydrogen (secondary N) is 1. The predicted molar refractivity (Wildman–Crippen MR) is 86.6 cm³/mol. The maximum Gasteiger partial charge on any atom is 0.321 e. The van der Waals surface area contributed by atoms with E-state index in [4.69, 9.17) is 4.74 Å². The number of nitrogens with zero attached hydrogens (tertiary/aromatic N) is 4. The van der Waals surface area contributed by atoms with Crippen LogP contribution in [0.4, 0.5) is 5.95 Å². The van der Waals surface area contributed by atoms with Gasteiger partial charge in [0.05, 0.1) is 19.4 Å². The van der Waals surface area contributed by atoms with Crippen LogP contribution in [0.3, 0.4) is 0 Å². The van der Waals surface area contributed by atoms with Crippen molar-refractivity contribution in [3.63, 3.8) is 0 Å². The summed E-state index contributed by atoms with van der Waals surface area (Å²) >= 11 is 0. The molecule has 0 saturated heterocycles. The van der Waals surface area contributed by atoms with Crippen LogP contribution >= 0.6 is 0 Å². The van der Waals surface area contributed by atoms with Gasteiger partial charge in [-0.1, -0.05) is 30.3 Å². The lowest BCUT2D eigenvalue weighted by Crippen LogP contribution is -2.26. The Morgan fingerprint density at radius 1 is 1.13 bits per heavy atom. The lowest BCUT2D eigenvalue weighted by molar-refractivity contribution is 0.375. The number of rotatable bonds is 7. The van der Waals surface area contributed by atoms with Crippen molar-refractivity contribution in [3.05, 3.63) is 41.7 Å². The smallest absolute Gasteiger partial charge is 0.321 e. The van der Waals surface area contributed by atoms with Crippen LogP contribution < -0.4 is 14.4 Å². The highest BCUT2D eigenvalue weighted by molar-refractivity contribution is 7.88. The molecule has 0 radical (unpaired) electrons. The lowest BCUT2D eigenvalue weighted by Gasteiger charge is -2.12. The number of hydrogen-bond donors (Lipinski definition) is 1. The third kappa shape index (κ3) is 5.15. The third-order valence-electron chi connectivity index (χ3n) is 2.88. The van der Waals surface area contributed by atoms with Gasteiger partial charge in [0, 0.05) is 14.1 Å². The van der Waals surface area contributed by atoms with E-state index in [1.165, 1.54) is 7.11 Å². The summed E-state index contributed by atoms with van der Waals surface area (Å²) in [7, 11) is 1.50. The van der Waals surface area contributed by atoms with E-state index in [0.717, 1.165) is 0 Å². The highest BCUT2D eigenvalue weighted by atomic mass is 32.2. The van der Waals surface area contributed by atoms with Crippen molar-refractivity contribution in [3.8, 4) is 6.01 Å². The van der Waals surface area contributed by atoms with Crippen molar-refractivity contribution in [1.82, 2.24) is 19.7 Å². The summed E-state index contributed by atoms with van der Waals surface area (Å²) in [6.45, 7) is -0.0329. The number of methoxy groups -OCH3 is 1. The van der Waals surface area contributed by atoms with Crippen LogP contribution in [0.1, 0.15) is 11.4 Å². The van der Waals surface area contributed by atoms with E-state index in [0.29, 0.717) is 11.5 Å². The van der Waals surface area contributed by atoms with Crippen molar-refractivity contribution in [1.29, 1.82) is 0 Å². The van der Waals surface area contributed by atoms with E-state index < -0.39 is 10.0 Å². The summed E-state index contributed by atoms with van der Waals surface area (Å²) in [5.41, 5.74) is 0.710. The minimum Gasteiger partial charge on any atom is -0.467 e. The summed E-state index contributed by atoms with van der Waals surface area (Å²) in [5, 5.41) is 0. The molecule has 0 spiro atoms. The van der Waals surface area contributed by atoms with Crippen LogP contribution in [0.2, 0.25) is 0 Å². The van der Waals surface area contributed by atoms with Crippen LogP contribution in [0.5, 0.6) is 6.01 Å². The molecule has 8 nitrogen and oxygen atoms in total. The zero-order chi connectivity index (χ0) is 16.9. The van der Waals surface area contributed by atoms with E-state index >= 15 is 0 Å². The molecule has 9 heteroatoms. The molecule has 1 aromatic carbocycles. The van der Waals surface area contributed by atoms with E-state index in [1.54, 1.807) is 43.3 Å². The number of anilines is 1. The first-order valence-electron chi connectivity index (χ1n) is 6.87. The highest BCUT2D eigenvalue weighted by Gasteiger charge is 2.14. The topological polar surface area (TPSA) is 97.3 Å². The molecule has 2 rings (SSSR count). The van der Waals surface area contributed by atoms with Crippen LogP contribution in [0, 0.1) is 0 Å². The zero-order valence-corrected chi connectivity index (χ0v) is 14.0. The molecule has 0 fully saturated rings. The molecule has 124 valence electrons. The molecule has 0 atom stereocenters. The Bertz CT molecular complexity index is 750. The number of ether oxygens (including phenoxy) is 1. The van der Waals surface area contributed by atoms with Crippen molar-refractivity contribution < 1.29 is 13.2 Å². The number of aromatic nitrogens is 3. The Morgan fingerprint density at radius 3 is 2.43 bits per heavy atom. The van der Waals surface area contributed by atoms with Gasteiger partial charge >= 0.3 is 6.01 Å². The molecule has 0 aliphatic rings. The Morgan fingerprint density at radius 2 is 1.83 bits per heavy atom. The Hall–Kier alpha value is -2.26. The Labute approximate surface area is 135 Å². The first-order valence-corrected chi connectivity index (χ1v) is 8.52. The van der Waals surface area contributed by atoms with Crippen molar-refractivity contribution >= 4 is 16.0 Å². The zero-order valence-electron chi connectivity index (χ0n) is 13.2. The fraction of sp³-hybridized carbons (Fsp3) is 0.357. The average Bonchev–Trinajstić information content (AvgIpc) is 2.53. The monoisotopic (exact) mass is 337 g/mol. The van der Waals surface area contributed by atoms with Crippen molar-refractivity contribution in [2.75, 3.05) is 26.1 Å². The Balaban J connectivity index is 2.09. The number of benzene rings is 1. The summed E-state index contributed by atoms with van der Waals surface area (Å²) in [6, 6.07) is 9.09. The van der Waals surface area contributed by atoms with Crippen LogP contribution in [0.25, 0.3) is 0 Å². The van der Waals surface area contributed by atoms with Crippen molar-refractivity contribution in [2.24, 2.45) is 0 Å². The molecule has 1 N–H and O–H groups in total. The van der Waals surface area contributed by atoms with Crippen LogP contribution in [0.15, 0.2) is 30.3 Å². The second kappa shape index (κ2) is 7.34. The molecule has 23 heavy (non-hydrogen) atoms. The maximum atomic E-state index is 12.1. The second-order valence-electron chi connectivity index (χ2n) is 5.00. The van der Waals surface area contributed by atoms with Gasteiger partial charge in [0.2, 0.25) is 16.0 Å². The lowest BCUT2D eigenvalue weighted by atomic mass is 10.2. The van der Waals surface area contributed by atoms with Gasteiger partial charge in [-0.3, -0.25) is 0 Å². The van der Waals surface area contributed by atoms with E-state index in [9.17, 15) is 8.42 Å². The number of hydrogen-bond acceptors (Lipinski definition) is 7. The quantitative estimate of drug-likeness (QED) is 0.788. The summed E-state index contributed by atoms with van der Waals surface area (Å²) in [5.74, 6) is 0.586. The molecule has 1 heterocycles. The summed E-state index contributed by atoms with van der Waals surface area (Å²) < 4.78 is 31.7. The molecule has 2 aromatic rings. The standard InChI is InChI=1S/C14H19N5O3S/c1-19(2)13-16-12(17-14(18-13)22-3)9-15-23(20,21)10-11-7-5-4-6-8-11/h4-8,15H,9-10H2,1-3H3. The van der Waals surface area contributed by atoms with Crippen LogP contribution in [-0.4, -0.2) is 44.6 Å². The van der Waals surface area contributed by atoms with Crippen LogP contribution in [-0.2, 0) is 22.3 Å². The van der Waals surface area contributed by atoms with Gasteiger partial charge < -0.3 is 9.64 Å². The average molecular weight is 337 g/mol. The predicted octanol–water partition coefficient (Wildman–Crippen LogP) is 0.566. The maximum absolute atomic E-state index is 12.1. The van der Waals surface area contributed by atoms with Crippen molar-refractivity contribution in [2.45, 2.75) is 12.3 Å². The third-order valence-corrected chi connectivity index (χ3v) is 4.18. The molecule has 0 aliphatic heterocycles. The summed E-state index contributed by atoms with van der Waals surface area (Å²) in [4.78, 5) is 14.0. The molecule has 0 saturated carbocycles. The van der Waals surface area contributed by atoms with Gasteiger partial charge in [0.25, 0.3) is 0 Å². The molecular weight excluding hydrogens is 318 g/mol. The van der Waals surface area contributed by atoms with E-state index in [2.05, 4.69) is 19.7 Å². The van der Waals surface area contributed by atoms with Gasteiger partial charge in [0.1, 0.15) is 0 Å². The van der Waals surface area contributed by atoms with Gasteiger partial charge in [0.15, 0.2) is 5.82 Å². The first kappa shape index (κ1) is 17.1. The molecule has 1 aromatic heterocycles. The van der Waals surface area contributed by atoms with E-state index in [-0.39, 0.29) is 24.1 Å². The fourth-order valence-corrected chi connectivity index (χ4v) is 2.86. The van der Waals surface area contributed by atoms with Gasteiger partial charge in [-0.2, -0.15) is 15.0 Å². The second-order valence-corrected chi connectivity index (χ2v) is 6.81. The van der Waals surface area contributed by atoms with Gasteiger partial charge in [-0.15, -0.1) is 0 Å².